The van der Waals surface area contributed by atoms with E-state index < -0.39 is 23.9 Å². The van der Waals surface area contributed by atoms with Crippen molar-refractivity contribution in [2.24, 2.45) is 0 Å². The van der Waals surface area contributed by atoms with Crippen LogP contribution in [-0.2, 0) is 16.0 Å². The van der Waals surface area contributed by atoms with Crippen molar-refractivity contribution in [2.45, 2.75) is 37.8 Å². The molecular formula is C24H31N7O5. The molecule has 0 spiro atoms. The Bertz CT molecular complexity index is 1140. The number of rotatable bonds is 11. The number of aliphatic carboxylic acids is 2. The number of aryl methyl sites for hydroxylation is 1. The molecule has 1 amide bonds. The van der Waals surface area contributed by atoms with Crippen molar-refractivity contribution in [2.75, 3.05) is 41.4 Å². The number of amides is 1. The number of hydrogen-bond donors (Lipinski definition) is 5. The molecule has 2 aromatic rings. The Morgan fingerprint density at radius 3 is 2.56 bits per heavy atom. The number of benzene rings is 1. The Hall–Kier alpha value is -4.35. The van der Waals surface area contributed by atoms with Crippen molar-refractivity contribution in [1.82, 2.24) is 15.3 Å². The summed E-state index contributed by atoms with van der Waals surface area (Å²) in [6.07, 6.45) is 2.77. The molecule has 192 valence electrons. The van der Waals surface area contributed by atoms with Crippen LogP contribution in [0.25, 0.3) is 0 Å². The predicted octanol–water partition coefficient (Wildman–Crippen LogP) is 1.13. The van der Waals surface area contributed by atoms with Crippen LogP contribution in [0.5, 0.6) is 0 Å². The molecule has 2 heterocycles. The molecule has 36 heavy (non-hydrogen) atoms. The first kappa shape index (κ1) is 26.3. The third-order valence-corrected chi connectivity index (χ3v) is 6.07. The highest BCUT2D eigenvalue weighted by atomic mass is 16.4. The van der Waals surface area contributed by atoms with Crippen LogP contribution in [0, 0.1) is 0 Å². The van der Waals surface area contributed by atoms with Gasteiger partial charge in [0, 0.05) is 43.9 Å². The molecule has 0 saturated heterocycles. The second kappa shape index (κ2) is 11.4. The summed E-state index contributed by atoms with van der Waals surface area (Å²) in [6.45, 7) is 5.07. The molecule has 1 aliphatic heterocycles. The fraction of sp³-hybridized carbons (Fsp3) is 0.375. The molecule has 0 saturated carbocycles. The van der Waals surface area contributed by atoms with E-state index >= 15 is 0 Å². The summed E-state index contributed by atoms with van der Waals surface area (Å²) in [5, 5.41) is 20.4. The first-order valence-electron chi connectivity index (χ1n) is 11.5. The third-order valence-electron chi connectivity index (χ3n) is 6.07. The van der Waals surface area contributed by atoms with E-state index in [1.54, 1.807) is 30.3 Å². The summed E-state index contributed by atoms with van der Waals surface area (Å²) in [5.74, 6) is -2.51. The smallest absolute Gasteiger partial charge is 0.326 e. The maximum Gasteiger partial charge on any atom is 0.326 e. The Balaban J connectivity index is 1.69. The monoisotopic (exact) mass is 497 g/mol. The minimum atomic E-state index is -1.28. The van der Waals surface area contributed by atoms with Crippen molar-refractivity contribution < 1.29 is 24.6 Å². The molecule has 0 aliphatic carbocycles. The molecule has 0 fully saturated rings. The Kier molecular flexibility index (Phi) is 8.30. The molecule has 0 bridgehead atoms. The molecule has 0 radical (unpaired) electrons. The highest BCUT2D eigenvalue weighted by Crippen LogP contribution is 2.34. The Morgan fingerprint density at radius 1 is 1.25 bits per heavy atom. The van der Waals surface area contributed by atoms with Gasteiger partial charge in [-0.15, -0.1) is 6.58 Å². The molecule has 1 unspecified atom stereocenters. The first-order valence-corrected chi connectivity index (χ1v) is 11.5. The number of carboxylic acids is 2. The maximum absolute atomic E-state index is 12.5. The molecule has 12 nitrogen and oxygen atoms in total. The molecule has 7 N–H and O–H groups in total. The van der Waals surface area contributed by atoms with Gasteiger partial charge in [-0.1, -0.05) is 6.08 Å². The number of hydrogen-bond acceptors (Lipinski definition) is 9. The van der Waals surface area contributed by atoms with Gasteiger partial charge in [0.25, 0.3) is 5.91 Å². The van der Waals surface area contributed by atoms with Gasteiger partial charge in [0.2, 0.25) is 5.95 Å². The molecule has 1 aromatic carbocycles. The number of carboxylic acid groups (broad SMARTS) is 2. The van der Waals surface area contributed by atoms with E-state index in [2.05, 4.69) is 31.7 Å². The second-order valence-electron chi connectivity index (χ2n) is 8.62. The molecule has 1 aliphatic rings. The van der Waals surface area contributed by atoms with Crippen LogP contribution in [0.15, 0.2) is 36.9 Å². The number of nitrogen functional groups attached to an aromatic ring is 2. The van der Waals surface area contributed by atoms with Crippen LogP contribution >= 0.6 is 0 Å². The van der Waals surface area contributed by atoms with Gasteiger partial charge in [0.15, 0.2) is 5.82 Å². The van der Waals surface area contributed by atoms with Gasteiger partial charge in [-0.25, -0.2) is 9.78 Å². The summed E-state index contributed by atoms with van der Waals surface area (Å²) >= 11 is 0. The van der Waals surface area contributed by atoms with Gasteiger partial charge in [-0.2, -0.15) is 4.98 Å². The summed E-state index contributed by atoms with van der Waals surface area (Å²) < 4.78 is 0. The summed E-state index contributed by atoms with van der Waals surface area (Å²) in [7, 11) is 1.94. The van der Waals surface area contributed by atoms with Gasteiger partial charge < -0.3 is 36.8 Å². The number of fused-ring (bicyclic) bond motifs is 1. The second-order valence-corrected chi connectivity index (χ2v) is 8.62. The van der Waals surface area contributed by atoms with Crippen LogP contribution in [-0.4, -0.2) is 70.2 Å². The maximum atomic E-state index is 12.5. The van der Waals surface area contributed by atoms with Crippen LogP contribution in [0.4, 0.5) is 23.1 Å². The highest BCUT2D eigenvalue weighted by molar-refractivity contribution is 5.97. The lowest BCUT2D eigenvalue weighted by Gasteiger charge is -2.40. The van der Waals surface area contributed by atoms with E-state index in [9.17, 15) is 19.5 Å². The van der Waals surface area contributed by atoms with E-state index in [0.29, 0.717) is 25.3 Å². The standard InChI is InChI=1S/C24H31N7O5/c1-3-12-31-16(8-9-17-20(31)21(25)29-24(26)28-17)13-30(2)15-6-4-14(5-7-15)22(34)27-18(23(35)36)10-11-19(32)33/h3-7,16,18H,1,8-13H2,2H3,(H,27,34)(H,32,33)(H,35,36)(H4,25,26,28,29)/t16?,18-/m0/s1. The number of likely N-dealkylation sites (N-methyl/N-ethyl adjacent to an activating group) is 1. The predicted molar refractivity (Wildman–Crippen MR) is 136 cm³/mol. The number of carbonyl (C=O) groups excluding carboxylic acids is 1. The summed E-state index contributed by atoms with van der Waals surface area (Å²) in [4.78, 5) is 47.2. The van der Waals surface area contributed by atoms with Crippen LogP contribution in [0.3, 0.4) is 0 Å². The van der Waals surface area contributed by atoms with Gasteiger partial charge in [0.1, 0.15) is 11.7 Å². The van der Waals surface area contributed by atoms with E-state index in [1.165, 1.54) is 0 Å². The van der Waals surface area contributed by atoms with Gasteiger partial charge >= 0.3 is 11.9 Å². The minimum absolute atomic E-state index is 0.101. The lowest BCUT2D eigenvalue weighted by Crippen LogP contribution is -2.47. The summed E-state index contributed by atoms with van der Waals surface area (Å²) in [5.41, 5.74) is 14.7. The SMILES string of the molecule is C=CCN1c2c(N)nc(N)nc2CCC1CN(C)c1ccc(C(=O)N[C@@H](CCC(=O)O)C(=O)O)cc1. The van der Waals surface area contributed by atoms with Gasteiger partial charge in [-0.05, 0) is 43.5 Å². The largest absolute Gasteiger partial charge is 0.481 e. The lowest BCUT2D eigenvalue weighted by molar-refractivity contribution is -0.140. The van der Waals surface area contributed by atoms with Crippen molar-refractivity contribution >= 4 is 41.0 Å². The topological polar surface area (TPSA) is 188 Å². The first-order chi connectivity index (χ1) is 17.1. The van der Waals surface area contributed by atoms with Crippen molar-refractivity contribution in [3.8, 4) is 0 Å². The number of nitrogens with two attached hydrogens (primary N) is 2. The zero-order chi connectivity index (χ0) is 26.4. The number of nitrogens with one attached hydrogen (secondary N) is 1. The Morgan fingerprint density at radius 2 is 1.94 bits per heavy atom. The molecule has 12 heteroatoms. The quantitative estimate of drug-likeness (QED) is 0.280. The van der Waals surface area contributed by atoms with Gasteiger partial charge in [0.05, 0.1) is 5.69 Å². The van der Waals surface area contributed by atoms with Crippen molar-refractivity contribution in [3.05, 3.63) is 48.2 Å². The van der Waals surface area contributed by atoms with Crippen LogP contribution in [0.2, 0.25) is 0 Å². The Labute approximate surface area is 208 Å². The molecule has 2 atom stereocenters. The van der Waals surface area contributed by atoms with E-state index in [-0.39, 0.29) is 30.4 Å². The van der Waals surface area contributed by atoms with Crippen molar-refractivity contribution in [1.29, 1.82) is 0 Å². The van der Waals surface area contributed by atoms with Crippen molar-refractivity contribution in [3.63, 3.8) is 0 Å². The third kappa shape index (κ3) is 6.20. The molecular weight excluding hydrogens is 466 g/mol. The van der Waals surface area contributed by atoms with Gasteiger partial charge in [-0.3, -0.25) is 9.59 Å². The zero-order valence-electron chi connectivity index (χ0n) is 20.1. The number of carbonyl (C=O) groups is 3. The van der Waals surface area contributed by atoms with Crippen LogP contribution in [0.1, 0.15) is 35.3 Å². The highest BCUT2D eigenvalue weighted by Gasteiger charge is 2.30. The summed E-state index contributed by atoms with van der Waals surface area (Å²) in [6, 6.07) is 5.56. The number of nitrogens with zero attached hydrogens (tertiary/aromatic N) is 4. The van der Waals surface area contributed by atoms with E-state index in [1.807, 2.05) is 7.05 Å². The lowest BCUT2D eigenvalue weighted by atomic mass is 9.99. The van der Waals surface area contributed by atoms with Crippen LogP contribution < -0.4 is 26.6 Å². The molecule has 1 aromatic heterocycles. The normalized spacial score (nSPS) is 15.5. The zero-order valence-corrected chi connectivity index (χ0v) is 20.1. The fourth-order valence-electron chi connectivity index (χ4n) is 4.29. The number of anilines is 4. The molecule has 3 rings (SSSR count). The number of aromatic nitrogens is 2. The van der Waals surface area contributed by atoms with E-state index in [4.69, 9.17) is 16.6 Å². The average Bonchev–Trinajstić information content (AvgIpc) is 2.82. The van der Waals surface area contributed by atoms with E-state index in [0.717, 1.165) is 23.5 Å². The fourth-order valence-corrected chi connectivity index (χ4v) is 4.29. The average molecular weight is 498 g/mol. The minimum Gasteiger partial charge on any atom is -0.481 e.